The zero-order valence-electron chi connectivity index (χ0n) is 7.06. The van der Waals surface area contributed by atoms with E-state index in [2.05, 4.69) is 18.6 Å². The minimum atomic E-state index is 0.0556. The van der Waals surface area contributed by atoms with E-state index in [0.717, 1.165) is 24.1 Å². The van der Waals surface area contributed by atoms with Crippen LogP contribution in [0.15, 0.2) is 24.4 Å². The van der Waals surface area contributed by atoms with Gasteiger partial charge in [-0.25, -0.2) is 0 Å². The largest absolute Gasteiger partial charge is 0.329 e. The van der Waals surface area contributed by atoms with Crippen LogP contribution in [0, 0.1) is 0 Å². The quantitative estimate of drug-likeness (QED) is 0.310. The summed E-state index contributed by atoms with van der Waals surface area (Å²) in [6.07, 6.45) is 1.64. The molecule has 64 valence electrons. The molecule has 0 saturated heterocycles. The number of hydrogen-bond donors (Lipinski definition) is 3. The first kappa shape index (κ1) is 10.2. The molecule has 3 nitrogen and oxygen atoms in total. The van der Waals surface area contributed by atoms with Gasteiger partial charge < -0.3 is 11.2 Å². The molecule has 0 aliphatic heterocycles. The molecular weight excluding hydrogens is 138 g/mol. The number of nitrogens with two attached hydrogens (primary N) is 2. The molecule has 5 N–H and O–H groups in total. The fraction of sp³-hybridized carbons (Fsp3) is 0.500. The Bertz CT molecular complexity index is 151. The lowest BCUT2D eigenvalue weighted by atomic mass is 10.1. The Morgan fingerprint density at radius 1 is 1.55 bits per heavy atom. The van der Waals surface area contributed by atoms with Gasteiger partial charge in [-0.1, -0.05) is 18.7 Å². The molecule has 3 heteroatoms. The topological polar surface area (TPSA) is 64.1 Å². The summed E-state index contributed by atoms with van der Waals surface area (Å²) in [5.41, 5.74) is 9.99. The monoisotopic (exact) mass is 155 g/mol. The molecule has 0 aliphatic carbocycles. The standard InChI is InChI=1S/C8H17N3/c1-6(2)8(9)5-4-7(3)11-10/h8,11H,1,3-5,9-10H2,2H3. The molecule has 0 rings (SSSR count). The zero-order chi connectivity index (χ0) is 8.85. The molecule has 1 unspecified atom stereocenters. The van der Waals surface area contributed by atoms with E-state index in [1.165, 1.54) is 0 Å². The Morgan fingerprint density at radius 2 is 2.09 bits per heavy atom. The first-order valence-electron chi connectivity index (χ1n) is 3.63. The van der Waals surface area contributed by atoms with Gasteiger partial charge in [0, 0.05) is 11.7 Å². The van der Waals surface area contributed by atoms with Crippen LogP contribution < -0.4 is 17.0 Å². The Morgan fingerprint density at radius 3 is 2.45 bits per heavy atom. The Hall–Kier alpha value is -0.800. The lowest BCUT2D eigenvalue weighted by Crippen LogP contribution is -2.24. The van der Waals surface area contributed by atoms with Crippen molar-refractivity contribution in [2.24, 2.45) is 11.6 Å². The van der Waals surface area contributed by atoms with Crippen LogP contribution in [0.3, 0.4) is 0 Å². The smallest absolute Gasteiger partial charge is 0.0251 e. The maximum absolute atomic E-state index is 5.71. The Kier molecular flexibility index (Phi) is 4.57. The third-order valence-corrected chi connectivity index (χ3v) is 1.59. The van der Waals surface area contributed by atoms with Gasteiger partial charge in [-0.3, -0.25) is 5.84 Å². The highest BCUT2D eigenvalue weighted by molar-refractivity contribution is 5.01. The van der Waals surface area contributed by atoms with Crippen LogP contribution in [0.5, 0.6) is 0 Å². The van der Waals surface area contributed by atoms with Crippen molar-refractivity contribution in [1.82, 2.24) is 5.43 Å². The summed E-state index contributed by atoms with van der Waals surface area (Å²) < 4.78 is 0. The predicted octanol–water partition coefficient (Wildman–Crippen LogP) is 0.647. The van der Waals surface area contributed by atoms with E-state index in [1.807, 2.05) is 6.92 Å². The van der Waals surface area contributed by atoms with Gasteiger partial charge in [-0.2, -0.15) is 0 Å². The van der Waals surface area contributed by atoms with Crippen molar-refractivity contribution in [3.63, 3.8) is 0 Å². The van der Waals surface area contributed by atoms with E-state index in [1.54, 1.807) is 0 Å². The number of hydrazine groups is 1. The summed E-state index contributed by atoms with van der Waals surface area (Å²) in [5, 5.41) is 0. The summed E-state index contributed by atoms with van der Waals surface area (Å²) in [4.78, 5) is 0. The van der Waals surface area contributed by atoms with E-state index in [-0.39, 0.29) is 6.04 Å². The summed E-state index contributed by atoms with van der Waals surface area (Å²) in [6, 6.07) is 0.0556. The highest BCUT2D eigenvalue weighted by atomic mass is 15.2. The molecule has 0 spiro atoms. The second-order valence-electron chi connectivity index (χ2n) is 2.74. The van der Waals surface area contributed by atoms with Crippen LogP contribution in [-0.4, -0.2) is 6.04 Å². The highest BCUT2D eigenvalue weighted by Crippen LogP contribution is 2.05. The zero-order valence-corrected chi connectivity index (χ0v) is 7.06. The lowest BCUT2D eigenvalue weighted by Gasteiger charge is -2.11. The SMILES string of the molecule is C=C(CCC(N)C(=C)C)NN. The molecule has 0 aromatic heterocycles. The summed E-state index contributed by atoms with van der Waals surface area (Å²) in [7, 11) is 0. The number of hydrogen-bond acceptors (Lipinski definition) is 3. The average molecular weight is 155 g/mol. The molecule has 0 aliphatic rings. The molecule has 0 bridgehead atoms. The highest BCUT2D eigenvalue weighted by Gasteiger charge is 2.02. The molecule has 0 saturated carbocycles. The second-order valence-corrected chi connectivity index (χ2v) is 2.74. The summed E-state index contributed by atoms with van der Waals surface area (Å²) >= 11 is 0. The molecule has 0 heterocycles. The third-order valence-electron chi connectivity index (χ3n) is 1.59. The van der Waals surface area contributed by atoms with Crippen LogP contribution in [0.2, 0.25) is 0 Å². The van der Waals surface area contributed by atoms with Gasteiger partial charge in [0.15, 0.2) is 0 Å². The van der Waals surface area contributed by atoms with E-state index < -0.39 is 0 Å². The normalized spacial score (nSPS) is 12.3. The van der Waals surface area contributed by atoms with E-state index in [4.69, 9.17) is 11.6 Å². The van der Waals surface area contributed by atoms with Crippen LogP contribution in [-0.2, 0) is 0 Å². The van der Waals surface area contributed by atoms with E-state index in [0.29, 0.717) is 0 Å². The van der Waals surface area contributed by atoms with Crippen LogP contribution in [0.1, 0.15) is 19.8 Å². The van der Waals surface area contributed by atoms with Gasteiger partial charge in [-0.05, 0) is 19.8 Å². The first-order valence-corrected chi connectivity index (χ1v) is 3.63. The Labute approximate surface area is 68.1 Å². The number of allylic oxidation sites excluding steroid dienone is 1. The van der Waals surface area contributed by atoms with Gasteiger partial charge in [-0.15, -0.1) is 0 Å². The van der Waals surface area contributed by atoms with Gasteiger partial charge in [0.2, 0.25) is 0 Å². The molecule has 0 amide bonds. The molecular formula is C8H17N3. The average Bonchev–Trinajstić information content (AvgIpc) is 1.99. The second kappa shape index (κ2) is 4.93. The maximum atomic E-state index is 5.71. The molecule has 0 fully saturated rings. The fourth-order valence-electron chi connectivity index (χ4n) is 0.648. The molecule has 0 aromatic rings. The summed E-state index contributed by atoms with van der Waals surface area (Å²) in [5.74, 6) is 5.12. The molecule has 1 atom stereocenters. The van der Waals surface area contributed by atoms with Gasteiger partial charge >= 0.3 is 0 Å². The number of nitrogens with one attached hydrogen (secondary N) is 1. The molecule has 11 heavy (non-hydrogen) atoms. The predicted molar refractivity (Wildman–Crippen MR) is 48.5 cm³/mol. The number of rotatable bonds is 5. The molecule has 0 radical (unpaired) electrons. The fourth-order valence-corrected chi connectivity index (χ4v) is 0.648. The summed E-state index contributed by atoms with van der Waals surface area (Å²) in [6.45, 7) is 9.36. The van der Waals surface area contributed by atoms with Crippen molar-refractivity contribution in [3.8, 4) is 0 Å². The van der Waals surface area contributed by atoms with E-state index >= 15 is 0 Å². The lowest BCUT2D eigenvalue weighted by molar-refractivity contribution is 0.658. The van der Waals surface area contributed by atoms with Crippen molar-refractivity contribution >= 4 is 0 Å². The van der Waals surface area contributed by atoms with Crippen LogP contribution in [0.4, 0.5) is 0 Å². The first-order chi connectivity index (χ1) is 5.07. The van der Waals surface area contributed by atoms with Crippen LogP contribution >= 0.6 is 0 Å². The van der Waals surface area contributed by atoms with Gasteiger partial charge in [0.05, 0.1) is 0 Å². The van der Waals surface area contributed by atoms with Crippen molar-refractivity contribution in [1.29, 1.82) is 0 Å². The maximum Gasteiger partial charge on any atom is 0.0251 e. The van der Waals surface area contributed by atoms with Gasteiger partial charge in [0.1, 0.15) is 0 Å². The molecule has 0 aromatic carbocycles. The third kappa shape index (κ3) is 4.58. The van der Waals surface area contributed by atoms with E-state index in [9.17, 15) is 0 Å². The minimum Gasteiger partial charge on any atom is -0.329 e. The minimum absolute atomic E-state index is 0.0556. The van der Waals surface area contributed by atoms with Gasteiger partial charge in [0.25, 0.3) is 0 Å². The van der Waals surface area contributed by atoms with Crippen molar-refractivity contribution < 1.29 is 0 Å². The van der Waals surface area contributed by atoms with Crippen molar-refractivity contribution in [2.45, 2.75) is 25.8 Å². The Balaban J connectivity index is 3.54. The van der Waals surface area contributed by atoms with Crippen LogP contribution in [0.25, 0.3) is 0 Å². The van der Waals surface area contributed by atoms with Crippen molar-refractivity contribution in [2.75, 3.05) is 0 Å². The van der Waals surface area contributed by atoms with Crippen molar-refractivity contribution in [3.05, 3.63) is 24.4 Å².